The van der Waals surface area contributed by atoms with Gasteiger partial charge in [-0.05, 0) is 59.3 Å². The number of aryl methyl sites for hydroxylation is 1. The highest BCUT2D eigenvalue weighted by molar-refractivity contribution is 14.1. The van der Waals surface area contributed by atoms with E-state index in [2.05, 4.69) is 10.3 Å². The third kappa shape index (κ3) is 4.70. The smallest absolute Gasteiger partial charge is 0.256 e. The van der Waals surface area contributed by atoms with Crippen molar-refractivity contribution < 1.29 is 23.1 Å². The summed E-state index contributed by atoms with van der Waals surface area (Å²) in [6, 6.07) is 6.23. The lowest BCUT2D eigenvalue weighted by Crippen LogP contribution is -2.63. The summed E-state index contributed by atoms with van der Waals surface area (Å²) in [5.41, 5.74) is -1.72. The van der Waals surface area contributed by atoms with E-state index in [4.69, 9.17) is 0 Å². The number of rotatable bonds is 6. The van der Waals surface area contributed by atoms with Crippen LogP contribution in [0.4, 0.5) is 24.5 Å². The number of carbonyl (C=O) groups excluding carboxylic acids is 1. The zero-order valence-electron chi connectivity index (χ0n) is 16.0. The summed E-state index contributed by atoms with van der Waals surface area (Å²) in [5.74, 6) is -3.67. The maximum absolute atomic E-state index is 14.5. The van der Waals surface area contributed by atoms with E-state index >= 15 is 0 Å². The molecule has 1 aliphatic rings. The molecule has 0 unspecified atom stereocenters. The van der Waals surface area contributed by atoms with Crippen molar-refractivity contribution in [3.63, 3.8) is 0 Å². The molecule has 1 fully saturated rings. The van der Waals surface area contributed by atoms with E-state index in [0.29, 0.717) is 16.4 Å². The van der Waals surface area contributed by atoms with Crippen molar-refractivity contribution in [1.82, 2.24) is 9.88 Å². The minimum atomic E-state index is -1.27. The molecule has 1 saturated heterocycles. The zero-order valence-corrected chi connectivity index (χ0v) is 19.0. The summed E-state index contributed by atoms with van der Waals surface area (Å²) >= 11 is 3.42. The van der Waals surface area contributed by atoms with Gasteiger partial charge in [-0.1, -0.05) is 0 Å². The van der Waals surface area contributed by atoms with Gasteiger partial charge in [0.2, 0.25) is 0 Å². The highest BCUT2D eigenvalue weighted by atomic mass is 127. The number of likely N-dealkylation sites (tertiary alicyclic amines) is 1. The Morgan fingerprint density at radius 2 is 2.00 bits per heavy atom. The van der Waals surface area contributed by atoms with Crippen LogP contribution in [0.2, 0.25) is 0 Å². The van der Waals surface area contributed by atoms with Crippen LogP contribution < -0.4 is 5.32 Å². The van der Waals surface area contributed by atoms with Gasteiger partial charge < -0.3 is 15.3 Å². The lowest BCUT2D eigenvalue weighted by atomic mass is 9.88. The summed E-state index contributed by atoms with van der Waals surface area (Å²) in [6.07, 6.45) is 2.70. The molecule has 5 nitrogen and oxygen atoms in total. The summed E-state index contributed by atoms with van der Waals surface area (Å²) in [4.78, 5) is 18.5. The molecule has 1 amide bonds. The van der Waals surface area contributed by atoms with Gasteiger partial charge in [0.1, 0.15) is 11.4 Å². The summed E-state index contributed by atoms with van der Waals surface area (Å²) in [5, 5.41) is 15.9. The number of hydrogen-bond donors (Lipinski definition) is 2. The van der Waals surface area contributed by atoms with Crippen LogP contribution in [-0.4, -0.2) is 39.6 Å². The third-order valence-electron chi connectivity index (χ3n) is 5.06. The van der Waals surface area contributed by atoms with Crippen LogP contribution in [0.15, 0.2) is 41.9 Å². The van der Waals surface area contributed by atoms with Crippen molar-refractivity contribution in [1.29, 1.82) is 0 Å². The predicted octanol–water partition coefficient (Wildman–Crippen LogP) is 4.73. The maximum atomic E-state index is 14.5. The highest BCUT2D eigenvalue weighted by Crippen LogP contribution is 2.33. The van der Waals surface area contributed by atoms with Crippen molar-refractivity contribution in [2.75, 3.05) is 18.4 Å². The number of nitrogens with one attached hydrogen (secondary N) is 1. The minimum Gasteiger partial charge on any atom is -0.386 e. The molecule has 10 heteroatoms. The van der Waals surface area contributed by atoms with Crippen molar-refractivity contribution in [3.05, 3.63) is 73.5 Å². The Morgan fingerprint density at radius 3 is 2.68 bits per heavy atom. The van der Waals surface area contributed by atoms with Crippen molar-refractivity contribution in [3.8, 4) is 0 Å². The van der Waals surface area contributed by atoms with Gasteiger partial charge in [-0.3, -0.25) is 4.79 Å². The second kappa shape index (κ2) is 8.75. The van der Waals surface area contributed by atoms with Gasteiger partial charge in [-0.2, -0.15) is 0 Å². The van der Waals surface area contributed by atoms with Gasteiger partial charge in [0.05, 0.1) is 35.0 Å². The maximum Gasteiger partial charge on any atom is 0.256 e. The minimum absolute atomic E-state index is 0.0630. The Hall–Kier alpha value is -2.18. The Bertz CT molecular complexity index is 1120. The molecule has 2 N–H and O–H groups in total. The molecular weight excluding hydrogens is 542 g/mol. The molecule has 0 aliphatic carbocycles. The van der Waals surface area contributed by atoms with E-state index in [0.717, 1.165) is 17.1 Å². The van der Waals surface area contributed by atoms with Gasteiger partial charge in [0.25, 0.3) is 5.91 Å². The molecule has 0 saturated carbocycles. The molecule has 31 heavy (non-hydrogen) atoms. The zero-order chi connectivity index (χ0) is 22.2. The number of halogens is 4. The fraction of sp³-hybridized carbons (Fsp3) is 0.238. The number of aromatic nitrogens is 1. The number of amides is 1. The third-order valence-corrected chi connectivity index (χ3v) is 6.57. The van der Waals surface area contributed by atoms with E-state index < -0.39 is 34.6 Å². The average Bonchev–Trinajstić information content (AvgIpc) is 3.23. The molecule has 4 rings (SSSR count). The molecule has 1 aromatic heterocycles. The average molecular weight is 559 g/mol. The second-order valence-corrected chi connectivity index (χ2v) is 9.57. The Balaban J connectivity index is 1.51. The Morgan fingerprint density at radius 1 is 1.23 bits per heavy atom. The fourth-order valence-corrected chi connectivity index (χ4v) is 4.50. The number of anilines is 2. The molecular formula is C21H17F3IN3O2S. The van der Waals surface area contributed by atoms with Crippen LogP contribution in [0.3, 0.4) is 0 Å². The molecule has 1 aliphatic heterocycles. The highest BCUT2D eigenvalue weighted by Gasteiger charge is 2.44. The van der Waals surface area contributed by atoms with E-state index in [1.54, 1.807) is 12.3 Å². The molecule has 0 atom stereocenters. The summed E-state index contributed by atoms with van der Waals surface area (Å²) in [7, 11) is 0. The lowest BCUT2D eigenvalue weighted by Gasteiger charge is -2.46. The van der Waals surface area contributed by atoms with Gasteiger partial charge in [-0.25, -0.2) is 18.2 Å². The number of aliphatic hydroxyl groups is 1. The van der Waals surface area contributed by atoms with Gasteiger partial charge >= 0.3 is 0 Å². The van der Waals surface area contributed by atoms with Crippen LogP contribution in [0.5, 0.6) is 0 Å². The molecule has 0 radical (unpaired) electrons. The van der Waals surface area contributed by atoms with Crippen molar-refractivity contribution >= 4 is 51.2 Å². The van der Waals surface area contributed by atoms with Crippen LogP contribution in [0.1, 0.15) is 21.8 Å². The van der Waals surface area contributed by atoms with Crippen molar-refractivity contribution in [2.24, 2.45) is 0 Å². The quantitative estimate of drug-likeness (QED) is 0.429. The van der Waals surface area contributed by atoms with Crippen LogP contribution in [-0.2, 0) is 6.42 Å². The van der Waals surface area contributed by atoms with Gasteiger partial charge in [0, 0.05) is 21.6 Å². The topological polar surface area (TPSA) is 65.5 Å². The normalized spacial score (nSPS) is 14.9. The van der Waals surface area contributed by atoms with Crippen LogP contribution in [0, 0.1) is 21.0 Å². The van der Waals surface area contributed by atoms with E-state index in [1.165, 1.54) is 28.4 Å². The Labute approximate surface area is 194 Å². The molecule has 3 aromatic rings. The molecule has 2 heterocycles. The number of nitrogens with zero attached hydrogens (tertiary/aromatic N) is 2. The Kier molecular flexibility index (Phi) is 6.22. The SMILES string of the molecule is O=C(c1ccc(F)c(F)c1Nc1ccc(I)cc1F)N1CC(O)(CCc2nccs2)C1. The molecule has 2 aromatic carbocycles. The van der Waals surface area contributed by atoms with Crippen LogP contribution in [0.25, 0.3) is 0 Å². The monoisotopic (exact) mass is 559 g/mol. The molecule has 0 spiro atoms. The number of hydrogen-bond acceptors (Lipinski definition) is 5. The standard InChI is InChI=1S/C21H17F3IN3O2S/c22-14-3-2-13(19(18(14)24)27-16-4-1-12(25)9-15(16)23)20(29)28-10-21(30,11-28)6-5-17-26-7-8-31-17/h1-4,7-9,27,30H,5-6,10-11H2. The predicted molar refractivity (Wildman–Crippen MR) is 120 cm³/mol. The summed E-state index contributed by atoms with van der Waals surface area (Å²) in [6.45, 7) is 0.126. The van der Waals surface area contributed by atoms with E-state index in [-0.39, 0.29) is 24.3 Å². The first-order valence-corrected chi connectivity index (χ1v) is 11.3. The molecule has 162 valence electrons. The largest absolute Gasteiger partial charge is 0.386 e. The number of β-amino-alcohol motifs (C(OH)–C–C–N with tert-alkyl or cyclic N) is 1. The van der Waals surface area contributed by atoms with Gasteiger partial charge in [0.15, 0.2) is 11.6 Å². The number of carbonyl (C=O) groups is 1. The van der Waals surface area contributed by atoms with E-state index in [1.807, 2.05) is 28.0 Å². The summed E-state index contributed by atoms with van der Waals surface area (Å²) < 4.78 is 43.3. The first-order valence-electron chi connectivity index (χ1n) is 9.36. The fourth-order valence-electron chi connectivity index (χ4n) is 3.43. The van der Waals surface area contributed by atoms with Crippen molar-refractivity contribution in [2.45, 2.75) is 18.4 Å². The molecule has 0 bridgehead atoms. The number of thiazole rings is 1. The van der Waals surface area contributed by atoms with Gasteiger partial charge in [-0.15, -0.1) is 11.3 Å². The van der Waals surface area contributed by atoms with E-state index in [9.17, 15) is 23.1 Å². The second-order valence-electron chi connectivity index (χ2n) is 7.34. The number of benzene rings is 2. The van der Waals surface area contributed by atoms with Crippen LogP contribution >= 0.6 is 33.9 Å². The lowest BCUT2D eigenvalue weighted by molar-refractivity contribution is -0.0854. The first kappa shape index (κ1) is 22.0. The first-order chi connectivity index (χ1) is 14.8.